The van der Waals surface area contributed by atoms with Crippen LogP contribution in [-0.2, 0) is 9.59 Å². The number of carbonyl (C=O) groups excluding carboxylic acids is 2. The van der Waals surface area contributed by atoms with Gasteiger partial charge in [0, 0.05) is 42.4 Å². The van der Waals surface area contributed by atoms with Crippen LogP contribution in [0.4, 0.5) is 0 Å². The third-order valence-electron chi connectivity index (χ3n) is 5.02. The first-order chi connectivity index (χ1) is 13.0. The Morgan fingerprint density at radius 2 is 1.52 bits per heavy atom. The van der Waals surface area contributed by atoms with Gasteiger partial charge in [0.1, 0.15) is 12.4 Å². The number of aliphatic hydroxyl groups is 2. The van der Waals surface area contributed by atoms with E-state index in [1.807, 2.05) is 0 Å². The number of ketones is 2. The van der Waals surface area contributed by atoms with E-state index >= 15 is 0 Å². The molecule has 0 heterocycles. The zero-order valence-corrected chi connectivity index (χ0v) is 15.2. The summed E-state index contributed by atoms with van der Waals surface area (Å²) in [5.41, 5.74) is 0.994. The summed E-state index contributed by atoms with van der Waals surface area (Å²) in [5, 5.41) is 21.1. The average molecular weight is 368 g/mol. The lowest BCUT2D eigenvalue weighted by Crippen LogP contribution is -2.26. The first-order valence-corrected chi connectivity index (χ1v) is 9.27. The number of aliphatic hydroxyl groups excluding tert-OH is 2. The first-order valence-electron chi connectivity index (χ1n) is 9.27. The maximum atomic E-state index is 12.7. The molecule has 5 heteroatoms. The molecule has 0 amide bonds. The molecular weight excluding hydrogens is 344 g/mol. The van der Waals surface area contributed by atoms with E-state index < -0.39 is 5.92 Å². The van der Waals surface area contributed by atoms with Crippen molar-refractivity contribution in [3.05, 3.63) is 65.1 Å². The molecule has 2 aliphatic rings. The molecule has 1 aromatic carbocycles. The topological polar surface area (TPSA) is 83.8 Å². The van der Waals surface area contributed by atoms with Crippen LogP contribution in [0.1, 0.15) is 50.0 Å². The van der Waals surface area contributed by atoms with Crippen LogP contribution in [0, 0.1) is 0 Å². The van der Waals surface area contributed by atoms with Gasteiger partial charge < -0.3 is 14.9 Å². The van der Waals surface area contributed by atoms with Crippen molar-refractivity contribution >= 4 is 11.6 Å². The lowest BCUT2D eigenvalue weighted by molar-refractivity contribution is -0.117. The van der Waals surface area contributed by atoms with Crippen LogP contribution in [0.2, 0.25) is 0 Å². The van der Waals surface area contributed by atoms with Gasteiger partial charge in [0.25, 0.3) is 0 Å². The summed E-state index contributed by atoms with van der Waals surface area (Å²) >= 11 is 0. The Morgan fingerprint density at radius 1 is 0.963 bits per heavy atom. The van der Waals surface area contributed by atoms with Crippen LogP contribution >= 0.6 is 0 Å². The normalized spacial score (nSPS) is 18.3. The third-order valence-corrected chi connectivity index (χ3v) is 5.02. The second-order valence-corrected chi connectivity index (χ2v) is 6.84. The van der Waals surface area contributed by atoms with Crippen molar-refractivity contribution in [1.29, 1.82) is 0 Å². The van der Waals surface area contributed by atoms with Gasteiger partial charge in [-0.3, -0.25) is 9.59 Å². The molecule has 0 bridgehead atoms. The summed E-state index contributed by atoms with van der Waals surface area (Å²) in [6.07, 6.45) is 4.16. The molecule has 3 rings (SSSR count). The second kappa shape index (κ2) is 8.25. The number of Topliss-reactive ketones (excluding diaryl/α,β-unsaturated/α-hetero) is 2. The monoisotopic (exact) mass is 368 g/mol. The van der Waals surface area contributed by atoms with E-state index in [2.05, 4.69) is 6.58 Å². The zero-order chi connectivity index (χ0) is 19.4. The molecule has 0 aromatic heterocycles. The summed E-state index contributed by atoms with van der Waals surface area (Å²) in [7, 11) is 0. The van der Waals surface area contributed by atoms with E-state index in [0.29, 0.717) is 49.8 Å². The maximum absolute atomic E-state index is 12.7. The Hall–Kier alpha value is -2.82. The minimum absolute atomic E-state index is 0.00607. The lowest BCUT2D eigenvalue weighted by atomic mass is 9.74. The van der Waals surface area contributed by atoms with E-state index in [9.17, 15) is 19.8 Å². The smallest absolute Gasteiger partial charge is 0.163 e. The van der Waals surface area contributed by atoms with Crippen LogP contribution in [0.15, 0.2) is 59.6 Å². The molecule has 2 aliphatic carbocycles. The minimum Gasteiger partial charge on any atom is -0.512 e. The van der Waals surface area contributed by atoms with E-state index in [0.717, 1.165) is 0 Å². The molecule has 5 nitrogen and oxygen atoms in total. The Kier molecular flexibility index (Phi) is 5.79. The fourth-order valence-corrected chi connectivity index (χ4v) is 3.80. The van der Waals surface area contributed by atoms with Crippen molar-refractivity contribution in [3.8, 4) is 5.75 Å². The Labute approximate surface area is 158 Å². The SMILES string of the molecule is C=CCOc1ccccc1C(C1=C(O)CCCC1=O)C1=C(O)CCCC1=O. The minimum atomic E-state index is -0.827. The number of benzene rings is 1. The van der Waals surface area contributed by atoms with Gasteiger partial charge in [-0.1, -0.05) is 30.9 Å². The van der Waals surface area contributed by atoms with Crippen molar-refractivity contribution in [1.82, 2.24) is 0 Å². The first kappa shape index (κ1) is 19.0. The Bertz CT molecular complexity index is 789. The van der Waals surface area contributed by atoms with Crippen molar-refractivity contribution in [2.24, 2.45) is 0 Å². The molecule has 0 radical (unpaired) electrons. The molecule has 27 heavy (non-hydrogen) atoms. The summed E-state index contributed by atoms with van der Waals surface area (Å²) in [6, 6.07) is 7.11. The van der Waals surface area contributed by atoms with Crippen molar-refractivity contribution in [3.63, 3.8) is 0 Å². The van der Waals surface area contributed by atoms with Crippen molar-refractivity contribution < 1.29 is 24.5 Å². The predicted octanol–water partition coefficient (Wildman–Crippen LogP) is 4.47. The van der Waals surface area contributed by atoms with Crippen LogP contribution in [0.5, 0.6) is 5.75 Å². The van der Waals surface area contributed by atoms with Crippen LogP contribution in [0.3, 0.4) is 0 Å². The highest BCUT2D eigenvalue weighted by Gasteiger charge is 2.38. The highest BCUT2D eigenvalue weighted by atomic mass is 16.5. The molecule has 0 saturated heterocycles. The number of hydrogen-bond donors (Lipinski definition) is 2. The molecule has 0 fully saturated rings. The third kappa shape index (κ3) is 3.82. The van der Waals surface area contributed by atoms with Gasteiger partial charge in [-0.25, -0.2) is 0 Å². The largest absolute Gasteiger partial charge is 0.512 e. The van der Waals surface area contributed by atoms with Crippen molar-refractivity contribution in [2.45, 2.75) is 44.4 Å². The standard InChI is InChI=1S/C22H24O5/c1-2-13-27-19-12-4-3-7-14(19)20(21-15(23)8-5-9-16(21)24)22-17(25)10-6-11-18(22)26/h2-4,7,12,20,23,25H,1,5-6,8-11,13H2. The molecule has 0 saturated carbocycles. The molecule has 2 N–H and O–H groups in total. The fraction of sp³-hybridized carbons (Fsp3) is 0.364. The summed E-state index contributed by atoms with van der Waals surface area (Å²) in [6.45, 7) is 3.91. The number of ether oxygens (including phenoxy) is 1. The van der Waals surface area contributed by atoms with E-state index in [1.165, 1.54) is 0 Å². The highest BCUT2D eigenvalue weighted by molar-refractivity contribution is 6.05. The summed E-state index contributed by atoms with van der Waals surface area (Å²) in [5.74, 6) is -0.727. The van der Waals surface area contributed by atoms with Gasteiger partial charge >= 0.3 is 0 Å². The molecule has 0 aliphatic heterocycles. The quantitative estimate of drug-likeness (QED) is 0.724. The summed E-state index contributed by atoms with van der Waals surface area (Å²) in [4.78, 5) is 25.4. The maximum Gasteiger partial charge on any atom is 0.163 e. The number of allylic oxidation sites excluding steroid dienone is 4. The van der Waals surface area contributed by atoms with Gasteiger partial charge in [-0.15, -0.1) is 0 Å². The van der Waals surface area contributed by atoms with Gasteiger partial charge in [-0.05, 0) is 18.9 Å². The van der Waals surface area contributed by atoms with Crippen molar-refractivity contribution in [2.75, 3.05) is 6.61 Å². The molecule has 0 unspecified atom stereocenters. The van der Waals surface area contributed by atoms with Crippen LogP contribution in [-0.4, -0.2) is 28.4 Å². The Morgan fingerprint density at radius 3 is 2.04 bits per heavy atom. The van der Waals surface area contributed by atoms with Gasteiger partial charge in [-0.2, -0.15) is 0 Å². The lowest BCUT2D eigenvalue weighted by Gasteiger charge is -2.29. The fourth-order valence-electron chi connectivity index (χ4n) is 3.80. The second-order valence-electron chi connectivity index (χ2n) is 6.84. The van der Waals surface area contributed by atoms with Gasteiger partial charge in [0.05, 0.1) is 17.4 Å². The number of para-hydroxylation sites is 1. The Balaban J connectivity index is 2.22. The number of rotatable bonds is 6. The predicted molar refractivity (Wildman–Crippen MR) is 102 cm³/mol. The highest BCUT2D eigenvalue weighted by Crippen LogP contribution is 2.44. The number of carbonyl (C=O) groups is 2. The van der Waals surface area contributed by atoms with E-state index in [4.69, 9.17) is 4.74 Å². The van der Waals surface area contributed by atoms with Crippen LogP contribution < -0.4 is 4.74 Å². The molecule has 1 aromatic rings. The molecule has 0 atom stereocenters. The van der Waals surface area contributed by atoms with E-state index in [1.54, 1.807) is 30.3 Å². The van der Waals surface area contributed by atoms with Gasteiger partial charge in [0.2, 0.25) is 0 Å². The average Bonchev–Trinajstić information content (AvgIpc) is 2.65. The molecule has 0 spiro atoms. The zero-order valence-electron chi connectivity index (χ0n) is 15.2. The number of hydrogen-bond acceptors (Lipinski definition) is 5. The molecular formula is C22H24O5. The van der Waals surface area contributed by atoms with E-state index in [-0.39, 0.29) is 40.8 Å². The summed E-state index contributed by atoms with van der Waals surface area (Å²) < 4.78 is 5.74. The van der Waals surface area contributed by atoms with Crippen LogP contribution in [0.25, 0.3) is 0 Å². The molecule has 142 valence electrons. The van der Waals surface area contributed by atoms with Gasteiger partial charge in [0.15, 0.2) is 11.6 Å².